The molecule has 1 fully saturated rings. The van der Waals surface area contributed by atoms with E-state index in [0.717, 1.165) is 18.0 Å². The standard InChI is InChI=1S/C13H18N2O3S/c1-2-18-13(17)15-7-5-14(6-8-15)10-11(16)12-4-3-9-19-12/h3-4,9H,2,5-8,10H2,1H3. The molecule has 1 aromatic rings. The van der Waals surface area contributed by atoms with E-state index in [4.69, 9.17) is 4.74 Å². The zero-order valence-corrected chi connectivity index (χ0v) is 11.8. The number of piperazine rings is 1. The highest BCUT2D eigenvalue weighted by molar-refractivity contribution is 7.12. The van der Waals surface area contributed by atoms with Gasteiger partial charge in [0.05, 0.1) is 18.0 Å². The van der Waals surface area contributed by atoms with Crippen LogP contribution in [0.5, 0.6) is 0 Å². The first-order chi connectivity index (χ1) is 9.20. The second kappa shape index (κ2) is 6.68. The lowest BCUT2D eigenvalue weighted by molar-refractivity contribution is 0.0735. The van der Waals surface area contributed by atoms with E-state index in [1.807, 2.05) is 17.5 Å². The van der Waals surface area contributed by atoms with Gasteiger partial charge in [0.1, 0.15) is 0 Å². The molecule has 0 spiro atoms. The molecule has 0 aromatic carbocycles. The van der Waals surface area contributed by atoms with Crippen LogP contribution in [-0.2, 0) is 4.74 Å². The number of amides is 1. The van der Waals surface area contributed by atoms with E-state index in [2.05, 4.69) is 4.90 Å². The molecule has 1 aliphatic rings. The molecule has 5 nitrogen and oxygen atoms in total. The van der Waals surface area contributed by atoms with Gasteiger partial charge in [0.25, 0.3) is 0 Å². The molecular formula is C13H18N2O3S. The summed E-state index contributed by atoms with van der Waals surface area (Å²) in [5, 5.41) is 1.91. The number of hydrogen-bond acceptors (Lipinski definition) is 5. The third-order valence-corrected chi connectivity index (χ3v) is 3.97. The molecule has 1 amide bonds. The zero-order valence-electron chi connectivity index (χ0n) is 11.0. The number of nitrogens with zero attached hydrogens (tertiary/aromatic N) is 2. The Kier molecular flexibility index (Phi) is 4.93. The molecule has 6 heteroatoms. The van der Waals surface area contributed by atoms with Gasteiger partial charge in [-0.3, -0.25) is 9.69 Å². The third kappa shape index (κ3) is 3.78. The molecule has 104 valence electrons. The van der Waals surface area contributed by atoms with Crippen LogP contribution in [0.15, 0.2) is 17.5 Å². The molecule has 2 heterocycles. The summed E-state index contributed by atoms with van der Waals surface area (Å²) in [6.07, 6.45) is -0.258. The molecule has 1 aromatic heterocycles. The highest BCUT2D eigenvalue weighted by Crippen LogP contribution is 2.11. The van der Waals surface area contributed by atoms with Crippen LogP contribution in [0, 0.1) is 0 Å². The maximum absolute atomic E-state index is 12.0. The Labute approximate surface area is 116 Å². The van der Waals surface area contributed by atoms with Gasteiger partial charge in [-0.2, -0.15) is 0 Å². The topological polar surface area (TPSA) is 49.9 Å². The molecule has 0 radical (unpaired) electrons. The maximum Gasteiger partial charge on any atom is 0.409 e. The summed E-state index contributed by atoms with van der Waals surface area (Å²) in [6, 6.07) is 3.73. The molecular weight excluding hydrogens is 264 g/mol. The Morgan fingerprint density at radius 3 is 2.63 bits per heavy atom. The lowest BCUT2D eigenvalue weighted by Gasteiger charge is -2.33. The van der Waals surface area contributed by atoms with E-state index in [1.54, 1.807) is 11.8 Å². The predicted molar refractivity (Wildman–Crippen MR) is 73.7 cm³/mol. The molecule has 0 aliphatic carbocycles. The molecule has 1 saturated heterocycles. The second-order valence-corrected chi connectivity index (χ2v) is 5.31. The summed E-state index contributed by atoms with van der Waals surface area (Å²) < 4.78 is 4.96. The molecule has 0 bridgehead atoms. The minimum atomic E-state index is -0.258. The summed E-state index contributed by atoms with van der Waals surface area (Å²) in [6.45, 7) is 5.31. The van der Waals surface area contributed by atoms with Crippen molar-refractivity contribution in [3.63, 3.8) is 0 Å². The summed E-state index contributed by atoms with van der Waals surface area (Å²) in [5.41, 5.74) is 0. The summed E-state index contributed by atoms with van der Waals surface area (Å²) in [5.74, 6) is 0.152. The first-order valence-corrected chi connectivity index (χ1v) is 7.29. The zero-order chi connectivity index (χ0) is 13.7. The number of carbonyl (C=O) groups is 2. The van der Waals surface area contributed by atoms with Crippen molar-refractivity contribution in [3.8, 4) is 0 Å². The number of thiophene rings is 1. The van der Waals surface area contributed by atoms with Crippen LogP contribution in [0.4, 0.5) is 4.79 Å². The Morgan fingerprint density at radius 2 is 2.05 bits per heavy atom. The molecule has 0 N–H and O–H groups in total. The summed E-state index contributed by atoms with van der Waals surface area (Å²) in [7, 11) is 0. The Hall–Kier alpha value is -1.40. The van der Waals surface area contributed by atoms with Gasteiger partial charge in [-0.05, 0) is 18.4 Å². The smallest absolute Gasteiger partial charge is 0.409 e. The Bertz CT molecular complexity index is 425. The summed E-state index contributed by atoms with van der Waals surface area (Å²) in [4.78, 5) is 28.1. The Morgan fingerprint density at radius 1 is 1.32 bits per heavy atom. The van der Waals surface area contributed by atoms with Gasteiger partial charge in [-0.15, -0.1) is 11.3 Å². The number of ketones is 1. The van der Waals surface area contributed by atoms with Crippen molar-refractivity contribution in [3.05, 3.63) is 22.4 Å². The van der Waals surface area contributed by atoms with Gasteiger partial charge in [0.2, 0.25) is 0 Å². The minimum absolute atomic E-state index is 0.152. The Balaban J connectivity index is 1.77. The quantitative estimate of drug-likeness (QED) is 0.789. The fourth-order valence-corrected chi connectivity index (χ4v) is 2.68. The number of rotatable bonds is 4. The first kappa shape index (κ1) is 14.0. The van der Waals surface area contributed by atoms with Crippen LogP contribution in [0.2, 0.25) is 0 Å². The fourth-order valence-electron chi connectivity index (χ4n) is 2.02. The normalized spacial score (nSPS) is 16.4. The van der Waals surface area contributed by atoms with Crippen molar-refractivity contribution in [1.82, 2.24) is 9.80 Å². The molecule has 0 atom stereocenters. The average Bonchev–Trinajstić information content (AvgIpc) is 2.94. The molecule has 19 heavy (non-hydrogen) atoms. The second-order valence-electron chi connectivity index (χ2n) is 4.36. The van der Waals surface area contributed by atoms with Crippen LogP contribution < -0.4 is 0 Å². The van der Waals surface area contributed by atoms with Gasteiger partial charge >= 0.3 is 6.09 Å². The molecule has 1 aliphatic heterocycles. The highest BCUT2D eigenvalue weighted by Gasteiger charge is 2.23. The fraction of sp³-hybridized carbons (Fsp3) is 0.538. The highest BCUT2D eigenvalue weighted by atomic mass is 32.1. The van der Waals surface area contributed by atoms with E-state index in [1.165, 1.54) is 11.3 Å². The monoisotopic (exact) mass is 282 g/mol. The van der Waals surface area contributed by atoms with Crippen LogP contribution >= 0.6 is 11.3 Å². The van der Waals surface area contributed by atoms with Gasteiger partial charge in [0.15, 0.2) is 5.78 Å². The summed E-state index contributed by atoms with van der Waals surface area (Å²) >= 11 is 1.47. The van der Waals surface area contributed by atoms with Crippen LogP contribution in [0.25, 0.3) is 0 Å². The van der Waals surface area contributed by atoms with Crippen LogP contribution in [0.1, 0.15) is 16.6 Å². The van der Waals surface area contributed by atoms with Crippen molar-refractivity contribution in [2.75, 3.05) is 39.3 Å². The van der Waals surface area contributed by atoms with E-state index >= 15 is 0 Å². The predicted octanol–water partition coefficient (Wildman–Crippen LogP) is 1.70. The first-order valence-electron chi connectivity index (χ1n) is 6.41. The third-order valence-electron chi connectivity index (χ3n) is 3.06. The van der Waals surface area contributed by atoms with Crippen molar-refractivity contribution < 1.29 is 14.3 Å². The largest absolute Gasteiger partial charge is 0.450 e. The van der Waals surface area contributed by atoms with Gasteiger partial charge in [0, 0.05) is 26.2 Å². The van der Waals surface area contributed by atoms with Gasteiger partial charge in [-0.25, -0.2) is 4.79 Å². The van der Waals surface area contributed by atoms with E-state index < -0.39 is 0 Å². The van der Waals surface area contributed by atoms with Gasteiger partial charge < -0.3 is 9.64 Å². The van der Waals surface area contributed by atoms with Gasteiger partial charge in [-0.1, -0.05) is 6.07 Å². The van der Waals surface area contributed by atoms with Crippen molar-refractivity contribution in [1.29, 1.82) is 0 Å². The number of ether oxygens (including phenoxy) is 1. The van der Waals surface area contributed by atoms with E-state index in [-0.39, 0.29) is 11.9 Å². The lowest BCUT2D eigenvalue weighted by Crippen LogP contribution is -2.50. The number of hydrogen-bond donors (Lipinski definition) is 0. The number of Topliss-reactive ketones (excluding diaryl/α,β-unsaturated/α-hetero) is 1. The van der Waals surface area contributed by atoms with Crippen LogP contribution in [-0.4, -0.2) is 61.0 Å². The minimum Gasteiger partial charge on any atom is -0.450 e. The van der Waals surface area contributed by atoms with Crippen molar-refractivity contribution >= 4 is 23.2 Å². The van der Waals surface area contributed by atoms with E-state index in [0.29, 0.717) is 26.2 Å². The van der Waals surface area contributed by atoms with Crippen LogP contribution in [0.3, 0.4) is 0 Å². The SMILES string of the molecule is CCOC(=O)N1CCN(CC(=O)c2cccs2)CC1. The average molecular weight is 282 g/mol. The number of carbonyl (C=O) groups excluding carboxylic acids is 2. The molecule has 0 saturated carbocycles. The maximum atomic E-state index is 12.0. The van der Waals surface area contributed by atoms with Crippen molar-refractivity contribution in [2.24, 2.45) is 0 Å². The van der Waals surface area contributed by atoms with Crippen molar-refractivity contribution in [2.45, 2.75) is 6.92 Å². The molecule has 0 unspecified atom stereocenters. The molecule has 2 rings (SSSR count). The lowest BCUT2D eigenvalue weighted by atomic mass is 10.2. The van der Waals surface area contributed by atoms with E-state index in [9.17, 15) is 9.59 Å².